The molecular weight excluding hydrogens is 400 g/mol. The minimum Gasteiger partial charge on any atom is -0.232 e. The van der Waals surface area contributed by atoms with Gasteiger partial charge in [0.2, 0.25) is 0 Å². The zero-order chi connectivity index (χ0) is 21.8. The van der Waals surface area contributed by atoms with Gasteiger partial charge in [-0.1, -0.05) is 109 Å². The van der Waals surface area contributed by atoms with Crippen molar-refractivity contribution in [2.24, 2.45) is 0 Å². The molecule has 33 heavy (non-hydrogen) atoms. The summed E-state index contributed by atoms with van der Waals surface area (Å²) in [5.41, 5.74) is 9.65. The van der Waals surface area contributed by atoms with E-state index in [0.29, 0.717) is 5.92 Å². The van der Waals surface area contributed by atoms with Gasteiger partial charge in [-0.2, -0.15) is 0 Å². The number of hydrogen-bond donors (Lipinski definition) is 0. The molecule has 0 spiro atoms. The third kappa shape index (κ3) is 2.61. The molecule has 2 aliphatic carbocycles. The van der Waals surface area contributed by atoms with Crippen LogP contribution in [-0.2, 0) is 5.41 Å². The summed E-state index contributed by atoms with van der Waals surface area (Å²) in [5, 5.41) is 0. The zero-order valence-corrected chi connectivity index (χ0v) is 18.1. The molecule has 0 unspecified atom stereocenters. The molecule has 2 nitrogen and oxygen atoms in total. The smallest absolute Gasteiger partial charge is 0.160 e. The second-order valence-electron chi connectivity index (χ2n) is 9.03. The van der Waals surface area contributed by atoms with Gasteiger partial charge in [-0.05, 0) is 34.7 Å². The summed E-state index contributed by atoms with van der Waals surface area (Å²) in [6.45, 7) is 0. The average molecular weight is 423 g/mol. The van der Waals surface area contributed by atoms with E-state index in [9.17, 15) is 0 Å². The van der Waals surface area contributed by atoms with Crippen molar-refractivity contribution in [1.82, 2.24) is 9.97 Å². The maximum absolute atomic E-state index is 5.27. The molecule has 7 rings (SSSR count). The fourth-order valence-electron chi connectivity index (χ4n) is 5.96. The molecule has 0 saturated heterocycles. The van der Waals surface area contributed by atoms with Gasteiger partial charge in [0, 0.05) is 17.0 Å². The summed E-state index contributed by atoms with van der Waals surface area (Å²) in [6, 6.07) is 40.9. The molecule has 1 aromatic heterocycles. The Kier molecular flexibility index (Phi) is 3.92. The van der Waals surface area contributed by atoms with Crippen LogP contribution in [0.25, 0.3) is 22.6 Å². The van der Waals surface area contributed by atoms with Crippen molar-refractivity contribution in [1.29, 1.82) is 0 Å². The lowest BCUT2D eigenvalue weighted by atomic mass is 9.72. The van der Waals surface area contributed by atoms with Crippen molar-refractivity contribution in [3.05, 3.63) is 143 Å². The molecule has 2 aliphatic rings. The minimum absolute atomic E-state index is 0.242. The number of rotatable bonds is 3. The van der Waals surface area contributed by atoms with Gasteiger partial charge < -0.3 is 0 Å². The van der Waals surface area contributed by atoms with Crippen LogP contribution in [0, 0.1) is 0 Å². The Morgan fingerprint density at radius 1 is 0.576 bits per heavy atom. The number of benzene rings is 4. The number of nitrogens with zero attached hydrogens (tertiary/aromatic N) is 2. The van der Waals surface area contributed by atoms with Gasteiger partial charge in [-0.3, -0.25) is 0 Å². The van der Waals surface area contributed by atoms with Gasteiger partial charge in [-0.15, -0.1) is 0 Å². The summed E-state index contributed by atoms with van der Waals surface area (Å²) in [4.78, 5) is 10.3. The fourth-order valence-corrected chi connectivity index (χ4v) is 5.96. The van der Waals surface area contributed by atoms with E-state index in [1.165, 1.54) is 22.3 Å². The van der Waals surface area contributed by atoms with Crippen LogP contribution in [0.2, 0.25) is 0 Å². The van der Waals surface area contributed by atoms with E-state index in [1.54, 1.807) is 0 Å². The van der Waals surface area contributed by atoms with Gasteiger partial charge >= 0.3 is 0 Å². The van der Waals surface area contributed by atoms with Gasteiger partial charge in [0.25, 0.3) is 0 Å². The number of fused-ring (bicyclic) bond motifs is 8. The predicted octanol–water partition coefficient (Wildman–Crippen LogP) is 6.99. The Balaban J connectivity index is 1.54. The van der Waals surface area contributed by atoms with Crippen molar-refractivity contribution in [2.75, 3.05) is 0 Å². The lowest BCUT2D eigenvalue weighted by Crippen LogP contribution is -2.27. The summed E-state index contributed by atoms with van der Waals surface area (Å²) < 4.78 is 0. The standard InChI is InChI=1S/C31H22N2/c1-3-11-21(12-4-1)28-19-29(33-30(32-28)22-13-5-2-6-14-22)31-20-25(23-15-7-9-17-26(23)31)24-16-8-10-18-27(24)31/h1-19,25H,20H2. The Morgan fingerprint density at radius 2 is 1.12 bits per heavy atom. The van der Waals surface area contributed by atoms with Gasteiger partial charge in [-0.25, -0.2) is 9.97 Å². The minimum atomic E-state index is -0.242. The zero-order valence-electron chi connectivity index (χ0n) is 18.1. The molecule has 0 N–H and O–H groups in total. The lowest BCUT2D eigenvalue weighted by Gasteiger charge is -2.31. The van der Waals surface area contributed by atoms with Crippen LogP contribution < -0.4 is 0 Å². The van der Waals surface area contributed by atoms with E-state index in [4.69, 9.17) is 9.97 Å². The molecule has 2 bridgehead atoms. The van der Waals surface area contributed by atoms with Crippen LogP contribution in [0.1, 0.15) is 40.3 Å². The Bertz CT molecular complexity index is 1380. The van der Waals surface area contributed by atoms with Crippen LogP contribution in [0.4, 0.5) is 0 Å². The van der Waals surface area contributed by atoms with Crippen LogP contribution in [0.3, 0.4) is 0 Å². The summed E-state index contributed by atoms with van der Waals surface area (Å²) in [7, 11) is 0. The van der Waals surface area contributed by atoms with Crippen LogP contribution in [0.5, 0.6) is 0 Å². The number of hydrogen-bond acceptors (Lipinski definition) is 2. The molecule has 1 heterocycles. The Morgan fingerprint density at radius 3 is 1.76 bits per heavy atom. The van der Waals surface area contributed by atoms with Crippen molar-refractivity contribution in [3.8, 4) is 22.6 Å². The molecule has 0 saturated carbocycles. The predicted molar refractivity (Wildman–Crippen MR) is 132 cm³/mol. The van der Waals surface area contributed by atoms with Crippen molar-refractivity contribution >= 4 is 0 Å². The topological polar surface area (TPSA) is 25.8 Å². The molecule has 0 fully saturated rings. The van der Waals surface area contributed by atoms with Crippen molar-refractivity contribution in [3.63, 3.8) is 0 Å². The summed E-state index contributed by atoms with van der Waals surface area (Å²) in [6.07, 6.45) is 1.03. The lowest BCUT2D eigenvalue weighted by molar-refractivity contribution is 0.612. The molecule has 0 amide bonds. The van der Waals surface area contributed by atoms with Crippen LogP contribution in [0.15, 0.2) is 115 Å². The van der Waals surface area contributed by atoms with E-state index in [0.717, 1.165) is 34.8 Å². The second-order valence-corrected chi connectivity index (χ2v) is 9.03. The third-order valence-electron chi connectivity index (χ3n) is 7.37. The first-order valence-electron chi connectivity index (χ1n) is 11.5. The first kappa shape index (κ1) is 18.5. The van der Waals surface area contributed by atoms with Crippen LogP contribution >= 0.6 is 0 Å². The maximum Gasteiger partial charge on any atom is 0.160 e. The molecule has 2 heteroatoms. The van der Waals surface area contributed by atoms with Crippen LogP contribution in [-0.4, -0.2) is 9.97 Å². The third-order valence-corrected chi connectivity index (χ3v) is 7.37. The fraction of sp³-hybridized carbons (Fsp3) is 0.0968. The van der Waals surface area contributed by atoms with Crippen molar-refractivity contribution in [2.45, 2.75) is 17.8 Å². The average Bonchev–Trinajstić information content (AvgIpc) is 3.44. The molecule has 0 aliphatic heterocycles. The van der Waals surface area contributed by atoms with E-state index in [2.05, 4.69) is 103 Å². The van der Waals surface area contributed by atoms with E-state index >= 15 is 0 Å². The van der Waals surface area contributed by atoms with Gasteiger partial charge in [0.15, 0.2) is 5.82 Å². The SMILES string of the molecule is c1ccc(-c2cc(C34CC(c5ccccc53)c3ccccc34)nc(-c3ccccc3)n2)cc1. The molecule has 0 radical (unpaired) electrons. The van der Waals surface area contributed by atoms with Gasteiger partial charge in [0.05, 0.1) is 16.8 Å². The quantitative estimate of drug-likeness (QED) is 0.313. The highest BCUT2D eigenvalue weighted by atomic mass is 14.9. The van der Waals surface area contributed by atoms with Crippen molar-refractivity contribution < 1.29 is 0 Å². The molecule has 5 aromatic rings. The van der Waals surface area contributed by atoms with E-state index < -0.39 is 0 Å². The normalized spacial score (nSPS) is 19.8. The molecule has 0 atom stereocenters. The number of aromatic nitrogens is 2. The van der Waals surface area contributed by atoms with E-state index in [-0.39, 0.29) is 5.41 Å². The molecule has 4 aromatic carbocycles. The highest BCUT2D eigenvalue weighted by Crippen LogP contribution is 2.62. The molecule has 156 valence electrons. The summed E-state index contributed by atoms with van der Waals surface area (Å²) >= 11 is 0. The van der Waals surface area contributed by atoms with Gasteiger partial charge in [0.1, 0.15) is 0 Å². The molecular formula is C31H22N2. The maximum atomic E-state index is 5.27. The largest absolute Gasteiger partial charge is 0.232 e. The Hall–Kier alpha value is -4.04. The Labute approximate surface area is 193 Å². The highest BCUT2D eigenvalue weighted by Gasteiger charge is 2.54. The van der Waals surface area contributed by atoms with E-state index in [1.807, 2.05) is 12.1 Å². The summed E-state index contributed by atoms with van der Waals surface area (Å²) in [5.74, 6) is 1.21. The first-order valence-corrected chi connectivity index (χ1v) is 11.5. The highest BCUT2D eigenvalue weighted by molar-refractivity contribution is 5.71. The monoisotopic (exact) mass is 422 g/mol. The second kappa shape index (κ2) is 6.98. The first-order chi connectivity index (χ1) is 16.3.